The summed E-state index contributed by atoms with van der Waals surface area (Å²) in [6.07, 6.45) is 4.97. The van der Waals surface area contributed by atoms with Crippen LogP contribution in [-0.2, 0) is 4.79 Å². The molecular weight excluding hydrogens is 404 g/mol. The standard InChI is InChI=1S/C20H14N6O3S/c27-18-16(30-20-22-17(24-26(18)20)13-6-8-21-9-7-13)11-25-15(19(28)29)10-14(23-25)12-4-2-1-3-5-12/h1-9,11,15H,10H2,(H,28,29)/b16-11-/t15-/m1/s1. The summed E-state index contributed by atoms with van der Waals surface area (Å²) < 4.78 is 1.54. The number of hydrogen-bond donors (Lipinski definition) is 1. The highest BCUT2D eigenvalue weighted by atomic mass is 32.1. The molecule has 0 amide bonds. The van der Waals surface area contributed by atoms with Crippen LogP contribution in [-0.4, -0.2) is 47.4 Å². The lowest BCUT2D eigenvalue weighted by atomic mass is 10.0. The van der Waals surface area contributed by atoms with Gasteiger partial charge in [0.25, 0.3) is 5.56 Å². The van der Waals surface area contributed by atoms with E-state index in [9.17, 15) is 14.7 Å². The highest BCUT2D eigenvalue weighted by molar-refractivity contribution is 7.15. The Morgan fingerprint density at radius 1 is 1.13 bits per heavy atom. The van der Waals surface area contributed by atoms with Crippen molar-refractivity contribution in [2.45, 2.75) is 12.5 Å². The van der Waals surface area contributed by atoms with Crippen LogP contribution in [0.2, 0.25) is 0 Å². The molecule has 4 aromatic rings. The van der Waals surface area contributed by atoms with E-state index in [1.807, 2.05) is 30.3 Å². The third-order valence-corrected chi connectivity index (χ3v) is 5.65. The molecule has 1 N–H and O–H groups in total. The van der Waals surface area contributed by atoms with E-state index in [1.54, 1.807) is 24.5 Å². The molecule has 0 unspecified atom stereocenters. The minimum absolute atomic E-state index is 0.247. The van der Waals surface area contributed by atoms with E-state index in [1.165, 1.54) is 15.7 Å². The number of aliphatic carboxylic acids is 1. The Morgan fingerprint density at radius 3 is 2.60 bits per heavy atom. The van der Waals surface area contributed by atoms with Crippen molar-refractivity contribution < 1.29 is 9.90 Å². The molecule has 1 atom stereocenters. The van der Waals surface area contributed by atoms with Gasteiger partial charge in [-0.3, -0.25) is 14.8 Å². The first-order valence-electron chi connectivity index (χ1n) is 9.06. The minimum atomic E-state index is -1.01. The number of pyridine rings is 1. The second kappa shape index (κ2) is 7.16. The Bertz CT molecular complexity index is 1380. The van der Waals surface area contributed by atoms with Crippen LogP contribution in [0.3, 0.4) is 0 Å². The molecule has 30 heavy (non-hydrogen) atoms. The smallest absolute Gasteiger partial charge is 0.328 e. The van der Waals surface area contributed by atoms with Crippen LogP contribution in [0.25, 0.3) is 22.5 Å². The summed E-state index contributed by atoms with van der Waals surface area (Å²) in [5, 5.41) is 19.7. The monoisotopic (exact) mass is 418 g/mol. The van der Waals surface area contributed by atoms with Gasteiger partial charge in [-0.05, 0) is 17.7 Å². The van der Waals surface area contributed by atoms with Crippen molar-refractivity contribution in [2.24, 2.45) is 5.10 Å². The Balaban J connectivity index is 1.55. The number of fused-ring (bicyclic) bond motifs is 1. The van der Waals surface area contributed by atoms with Crippen molar-refractivity contribution >= 4 is 34.2 Å². The lowest BCUT2D eigenvalue weighted by Gasteiger charge is -2.14. The first kappa shape index (κ1) is 18.1. The predicted octanol–water partition coefficient (Wildman–Crippen LogP) is 1.23. The lowest BCUT2D eigenvalue weighted by molar-refractivity contribution is -0.141. The molecule has 1 aliphatic rings. The summed E-state index contributed by atoms with van der Waals surface area (Å²) in [5.41, 5.74) is 1.90. The van der Waals surface area contributed by atoms with E-state index in [0.717, 1.165) is 22.5 Å². The van der Waals surface area contributed by atoms with E-state index in [0.29, 0.717) is 21.0 Å². The maximum atomic E-state index is 12.8. The fraction of sp³-hybridized carbons (Fsp3) is 0.100. The van der Waals surface area contributed by atoms with Gasteiger partial charge in [0.1, 0.15) is 4.53 Å². The number of hydrogen-bond acceptors (Lipinski definition) is 8. The number of carbonyl (C=O) groups is 1. The van der Waals surface area contributed by atoms with Crippen LogP contribution in [0.4, 0.5) is 0 Å². The molecule has 0 saturated carbocycles. The maximum Gasteiger partial charge on any atom is 0.328 e. The summed E-state index contributed by atoms with van der Waals surface area (Å²) in [6.45, 7) is 0. The van der Waals surface area contributed by atoms with Crippen LogP contribution >= 0.6 is 11.3 Å². The summed E-state index contributed by atoms with van der Waals surface area (Å²) >= 11 is 1.14. The highest BCUT2D eigenvalue weighted by Crippen LogP contribution is 2.21. The van der Waals surface area contributed by atoms with E-state index in [4.69, 9.17) is 0 Å². The van der Waals surface area contributed by atoms with Gasteiger partial charge in [-0.15, -0.1) is 5.10 Å². The molecule has 0 saturated heterocycles. The maximum absolute atomic E-state index is 12.8. The second-order valence-corrected chi connectivity index (χ2v) is 7.63. The molecule has 0 fully saturated rings. The third-order valence-electron chi connectivity index (χ3n) is 4.70. The number of benzene rings is 1. The first-order valence-corrected chi connectivity index (χ1v) is 9.87. The van der Waals surface area contributed by atoms with Gasteiger partial charge in [0, 0.05) is 30.6 Å². The predicted molar refractivity (Wildman–Crippen MR) is 111 cm³/mol. The van der Waals surface area contributed by atoms with Gasteiger partial charge < -0.3 is 5.11 Å². The third kappa shape index (κ3) is 3.12. The molecule has 0 spiro atoms. The molecule has 10 heteroatoms. The average molecular weight is 418 g/mol. The molecule has 4 heterocycles. The van der Waals surface area contributed by atoms with Crippen molar-refractivity contribution in [2.75, 3.05) is 0 Å². The highest BCUT2D eigenvalue weighted by Gasteiger charge is 2.32. The van der Waals surface area contributed by atoms with Crippen molar-refractivity contribution in [1.29, 1.82) is 0 Å². The molecule has 0 bridgehead atoms. The number of nitrogens with zero attached hydrogens (tertiary/aromatic N) is 6. The van der Waals surface area contributed by atoms with E-state index in [2.05, 4.69) is 20.2 Å². The van der Waals surface area contributed by atoms with Gasteiger partial charge in [0.15, 0.2) is 11.9 Å². The van der Waals surface area contributed by atoms with Gasteiger partial charge in [-0.1, -0.05) is 41.7 Å². The van der Waals surface area contributed by atoms with Crippen LogP contribution in [0.15, 0.2) is 64.8 Å². The summed E-state index contributed by atoms with van der Waals surface area (Å²) in [5.74, 6) is -0.575. The normalized spacial score (nSPS) is 16.9. The van der Waals surface area contributed by atoms with Gasteiger partial charge in [-0.25, -0.2) is 4.79 Å². The summed E-state index contributed by atoms with van der Waals surface area (Å²) in [7, 11) is 0. The fourth-order valence-corrected chi connectivity index (χ4v) is 4.09. The fourth-order valence-electron chi connectivity index (χ4n) is 3.22. The molecule has 0 aliphatic carbocycles. The van der Waals surface area contributed by atoms with Crippen LogP contribution in [0.5, 0.6) is 0 Å². The number of carboxylic acids is 1. The Hall–Kier alpha value is -3.92. The number of rotatable bonds is 4. The van der Waals surface area contributed by atoms with Crippen LogP contribution in [0, 0.1) is 0 Å². The van der Waals surface area contributed by atoms with Crippen molar-refractivity contribution in [1.82, 2.24) is 24.6 Å². The van der Waals surface area contributed by atoms with E-state index in [-0.39, 0.29) is 12.0 Å². The van der Waals surface area contributed by atoms with Gasteiger partial charge in [0.2, 0.25) is 4.96 Å². The zero-order valence-electron chi connectivity index (χ0n) is 15.4. The number of thiazole rings is 1. The van der Waals surface area contributed by atoms with Crippen LogP contribution < -0.4 is 10.1 Å². The van der Waals surface area contributed by atoms with Crippen molar-refractivity contribution in [3.63, 3.8) is 0 Å². The van der Waals surface area contributed by atoms with Crippen LogP contribution in [0.1, 0.15) is 12.0 Å². The molecule has 148 valence electrons. The van der Waals surface area contributed by atoms with E-state index >= 15 is 0 Å². The molecule has 3 aromatic heterocycles. The van der Waals surface area contributed by atoms with Gasteiger partial charge >= 0.3 is 5.97 Å². The zero-order chi connectivity index (χ0) is 20.7. The van der Waals surface area contributed by atoms with Crippen molar-refractivity contribution in [3.8, 4) is 11.4 Å². The lowest BCUT2D eigenvalue weighted by Crippen LogP contribution is -2.34. The summed E-state index contributed by atoms with van der Waals surface area (Å²) in [6, 6.07) is 12.0. The van der Waals surface area contributed by atoms with Crippen molar-refractivity contribution in [3.05, 3.63) is 75.3 Å². The largest absolute Gasteiger partial charge is 0.480 e. The number of carboxylic acid groups (broad SMARTS) is 1. The summed E-state index contributed by atoms with van der Waals surface area (Å²) in [4.78, 5) is 33.3. The molecule has 5 rings (SSSR count). The Labute approximate surface area is 173 Å². The minimum Gasteiger partial charge on any atom is -0.480 e. The molecular formula is C20H14N6O3S. The van der Waals surface area contributed by atoms with Gasteiger partial charge in [-0.2, -0.15) is 14.6 Å². The molecule has 1 aliphatic heterocycles. The number of aromatic nitrogens is 4. The molecule has 1 aromatic carbocycles. The SMILES string of the molecule is O=C(O)[C@H]1CC(c2ccccc2)=NN1/C=c1\sc2nc(-c3ccncc3)nn2c1=O. The molecule has 0 radical (unpaired) electrons. The number of hydrazone groups is 1. The molecule has 9 nitrogen and oxygen atoms in total. The average Bonchev–Trinajstić information content (AvgIpc) is 3.45. The van der Waals surface area contributed by atoms with Gasteiger partial charge in [0.05, 0.1) is 5.71 Å². The quantitative estimate of drug-likeness (QED) is 0.530. The second-order valence-electron chi connectivity index (χ2n) is 6.62. The Kier molecular flexibility index (Phi) is 4.32. The zero-order valence-corrected chi connectivity index (χ0v) is 16.2. The Morgan fingerprint density at radius 2 is 1.90 bits per heavy atom. The van der Waals surface area contributed by atoms with E-state index < -0.39 is 12.0 Å². The first-order chi connectivity index (χ1) is 14.6. The topological polar surface area (TPSA) is 113 Å².